The number of carbonyl (C=O) groups is 1. The summed E-state index contributed by atoms with van der Waals surface area (Å²) in [6, 6.07) is 17.7. The molecule has 0 aliphatic carbocycles. The number of ether oxygens (including phenoxy) is 2. The molecule has 172 valence electrons. The van der Waals surface area contributed by atoms with Crippen molar-refractivity contribution in [1.29, 1.82) is 0 Å². The van der Waals surface area contributed by atoms with Crippen LogP contribution in [0.1, 0.15) is 36.7 Å². The van der Waals surface area contributed by atoms with Gasteiger partial charge in [0, 0.05) is 22.9 Å². The van der Waals surface area contributed by atoms with Crippen LogP contribution in [0.5, 0.6) is 5.75 Å². The molecule has 7 nitrogen and oxygen atoms in total. The normalized spacial score (nSPS) is 11.2. The molecule has 0 unspecified atom stereocenters. The Kier molecular flexibility index (Phi) is 7.22. The van der Waals surface area contributed by atoms with E-state index < -0.39 is 0 Å². The third kappa shape index (κ3) is 4.99. The molecule has 0 spiro atoms. The molecule has 2 aromatic carbocycles. The van der Waals surface area contributed by atoms with E-state index in [1.54, 1.807) is 4.57 Å². The van der Waals surface area contributed by atoms with Gasteiger partial charge in [0.05, 0.1) is 29.9 Å². The number of nitrogens with two attached hydrogens (primary N) is 1. The Morgan fingerprint density at radius 2 is 1.94 bits per heavy atom. The fraction of sp³-hybridized carbons (Fsp3) is 0.308. The van der Waals surface area contributed by atoms with Gasteiger partial charge in [-0.05, 0) is 49.2 Å². The number of benzene rings is 2. The number of para-hydroxylation sites is 1. The molecule has 0 radical (unpaired) electrons. The van der Waals surface area contributed by atoms with Crippen molar-refractivity contribution in [2.75, 3.05) is 13.2 Å². The second-order valence-corrected chi connectivity index (χ2v) is 7.95. The zero-order valence-electron chi connectivity index (χ0n) is 19.0. The van der Waals surface area contributed by atoms with Gasteiger partial charge in [-0.3, -0.25) is 0 Å². The van der Waals surface area contributed by atoms with Crippen LogP contribution in [0, 0.1) is 6.92 Å². The smallest absolute Gasteiger partial charge is 0.418 e. The summed E-state index contributed by atoms with van der Waals surface area (Å²) in [7, 11) is 0. The Balaban J connectivity index is 1.61. The Hall–Kier alpha value is -3.42. The monoisotopic (exact) mass is 447 g/mol. The summed E-state index contributed by atoms with van der Waals surface area (Å²) in [6.45, 7) is 5.05. The standard InChI is InChI=1S/C26H29N3O4/c1-3-4-14-31-26(30)29-18(2)22(13-15-33-27)23-16-21(11-12-25(23)29)32-17-20-10-9-19-7-5-6-8-24(19)28-20/h5-12,16H,3-4,13-15,17,27H2,1-2H3. The minimum absolute atomic E-state index is 0.344. The molecule has 2 N–H and O–H groups in total. The van der Waals surface area contributed by atoms with Crippen LogP contribution in [0.25, 0.3) is 21.8 Å². The molecular formula is C26H29N3O4. The highest BCUT2D eigenvalue weighted by Crippen LogP contribution is 2.30. The Labute approximate surface area is 193 Å². The van der Waals surface area contributed by atoms with E-state index in [0.29, 0.717) is 32.0 Å². The maximum atomic E-state index is 12.8. The van der Waals surface area contributed by atoms with E-state index >= 15 is 0 Å². The maximum Gasteiger partial charge on any atom is 0.418 e. The number of nitrogens with zero attached hydrogens (tertiary/aromatic N) is 2. The van der Waals surface area contributed by atoms with E-state index in [1.165, 1.54) is 0 Å². The van der Waals surface area contributed by atoms with Crippen molar-refractivity contribution in [2.24, 2.45) is 5.90 Å². The second-order valence-electron chi connectivity index (χ2n) is 7.95. The number of hydrogen-bond acceptors (Lipinski definition) is 6. The Morgan fingerprint density at radius 1 is 1.09 bits per heavy atom. The van der Waals surface area contributed by atoms with Gasteiger partial charge in [0.15, 0.2) is 0 Å². The number of fused-ring (bicyclic) bond motifs is 2. The van der Waals surface area contributed by atoms with Gasteiger partial charge in [0.25, 0.3) is 0 Å². The molecule has 4 aromatic rings. The predicted molar refractivity (Wildman–Crippen MR) is 128 cm³/mol. The van der Waals surface area contributed by atoms with Crippen LogP contribution in [0.3, 0.4) is 0 Å². The van der Waals surface area contributed by atoms with Crippen LogP contribution in [-0.2, 0) is 22.6 Å². The van der Waals surface area contributed by atoms with Gasteiger partial charge < -0.3 is 14.3 Å². The van der Waals surface area contributed by atoms with Crippen molar-refractivity contribution >= 4 is 27.9 Å². The molecule has 0 aliphatic heterocycles. The maximum absolute atomic E-state index is 12.8. The van der Waals surface area contributed by atoms with E-state index in [1.807, 2.05) is 61.5 Å². The van der Waals surface area contributed by atoms with Gasteiger partial charge in [0.2, 0.25) is 0 Å². The van der Waals surface area contributed by atoms with Crippen molar-refractivity contribution in [1.82, 2.24) is 9.55 Å². The summed E-state index contributed by atoms with van der Waals surface area (Å²) in [5.41, 5.74) is 4.36. The van der Waals surface area contributed by atoms with Crippen molar-refractivity contribution in [3.63, 3.8) is 0 Å². The molecule has 0 fully saturated rings. The quantitative estimate of drug-likeness (QED) is 0.277. The highest BCUT2D eigenvalue weighted by Gasteiger charge is 2.20. The number of carbonyl (C=O) groups excluding carboxylic acids is 1. The molecule has 0 atom stereocenters. The van der Waals surface area contributed by atoms with E-state index in [0.717, 1.165) is 51.6 Å². The first kappa shape index (κ1) is 22.8. The number of rotatable bonds is 9. The third-order valence-electron chi connectivity index (χ3n) is 5.72. The Bertz CT molecular complexity index is 1270. The van der Waals surface area contributed by atoms with Gasteiger partial charge in [-0.2, -0.15) is 0 Å². The minimum atomic E-state index is -0.375. The minimum Gasteiger partial charge on any atom is -0.487 e. The molecule has 0 amide bonds. The van der Waals surface area contributed by atoms with Crippen molar-refractivity contribution < 1.29 is 19.1 Å². The third-order valence-corrected chi connectivity index (χ3v) is 5.72. The average Bonchev–Trinajstić information content (AvgIpc) is 3.11. The zero-order valence-corrected chi connectivity index (χ0v) is 19.0. The molecule has 0 bridgehead atoms. The largest absolute Gasteiger partial charge is 0.487 e. The first-order valence-electron chi connectivity index (χ1n) is 11.2. The van der Waals surface area contributed by atoms with E-state index in [-0.39, 0.29) is 6.09 Å². The van der Waals surface area contributed by atoms with Gasteiger partial charge in [-0.1, -0.05) is 37.6 Å². The second kappa shape index (κ2) is 10.5. The number of unbranched alkanes of at least 4 members (excludes halogenated alkanes) is 1. The van der Waals surface area contributed by atoms with Crippen LogP contribution in [0.4, 0.5) is 4.79 Å². The van der Waals surface area contributed by atoms with Gasteiger partial charge >= 0.3 is 6.09 Å². The summed E-state index contributed by atoms with van der Waals surface area (Å²) in [5.74, 6) is 5.97. The van der Waals surface area contributed by atoms with E-state index in [9.17, 15) is 4.79 Å². The van der Waals surface area contributed by atoms with Gasteiger partial charge in [-0.25, -0.2) is 20.2 Å². The summed E-state index contributed by atoms with van der Waals surface area (Å²) >= 11 is 0. The van der Waals surface area contributed by atoms with Crippen LogP contribution in [0.15, 0.2) is 54.6 Å². The van der Waals surface area contributed by atoms with Crippen LogP contribution < -0.4 is 10.6 Å². The van der Waals surface area contributed by atoms with Crippen LogP contribution >= 0.6 is 0 Å². The van der Waals surface area contributed by atoms with Gasteiger partial charge in [-0.15, -0.1) is 0 Å². The first-order valence-corrected chi connectivity index (χ1v) is 11.2. The highest BCUT2D eigenvalue weighted by atomic mass is 16.6. The number of aromatic nitrogens is 2. The van der Waals surface area contributed by atoms with Crippen molar-refractivity contribution in [2.45, 2.75) is 39.7 Å². The molecule has 7 heteroatoms. The highest BCUT2D eigenvalue weighted by molar-refractivity contribution is 5.94. The Morgan fingerprint density at radius 3 is 2.76 bits per heavy atom. The lowest BCUT2D eigenvalue weighted by Gasteiger charge is -2.09. The van der Waals surface area contributed by atoms with Crippen molar-refractivity contribution in [3.05, 3.63) is 71.5 Å². The number of pyridine rings is 1. The van der Waals surface area contributed by atoms with Crippen molar-refractivity contribution in [3.8, 4) is 5.75 Å². The summed E-state index contributed by atoms with van der Waals surface area (Å²) in [5, 5.41) is 2.01. The summed E-state index contributed by atoms with van der Waals surface area (Å²) < 4.78 is 13.1. The van der Waals surface area contributed by atoms with Gasteiger partial charge in [0.1, 0.15) is 12.4 Å². The lowest BCUT2D eigenvalue weighted by atomic mass is 10.1. The lowest BCUT2D eigenvalue weighted by molar-refractivity contribution is 0.140. The summed E-state index contributed by atoms with van der Waals surface area (Å²) in [6.07, 6.45) is 1.99. The number of hydrogen-bond donors (Lipinski definition) is 1. The molecule has 0 aliphatic rings. The fourth-order valence-electron chi connectivity index (χ4n) is 3.98. The molecule has 0 saturated carbocycles. The molecule has 0 saturated heterocycles. The van der Waals surface area contributed by atoms with Crippen LogP contribution in [0.2, 0.25) is 0 Å². The molecule has 2 aromatic heterocycles. The zero-order chi connectivity index (χ0) is 23.2. The average molecular weight is 448 g/mol. The lowest BCUT2D eigenvalue weighted by Crippen LogP contribution is -2.16. The molecular weight excluding hydrogens is 418 g/mol. The molecule has 33 heavy (non-hydrogen) atoms. The van der Waals surface area contributed by atoms with E-state index in [4.69, 9.17) is 20.2 Å². The SMILES string of the molecule is CCCCOC(=O)n1c(C)c(CCON)c2cc(OCc3ccc4ccccc4n3)ccc21. The molecule has 2 heterocycles. The predicted octanol–water partition coefficient (Wildman–Crippen LogP) is 5.29. The summed E-state index contributed by atoms with van der Waals surface area (Å²) in [4.78, 5) is 22.3. The van der Waals surface area contributed by atoms with Crippen LogP contribution in [-0.4, -0.2) is 28.9 Å². The topological polar surface area (TPSA) is 88.6 Å². The first-order chi connectivity index (χ1) is 16.1. The van der Waals surface area contributed by atoms with E-state index in [2.05, 4.69) is 11.9 Å². The molecule has 4 rings (SSSR count). The fourth-order valence-corrected chi connectivity index (χ4v) is 3.98.